The number of furan rings is 1. The van der Waals surface area contributed by atoms with Crippen LogP contribution in [-0.2, 0) is 19.4 Å². The Morgan fingerprint density at radius 3 is 2.63 bits per heavy atom. The third-order valence-corrected chi connectivity index (χ3v) is 4.87. The van der Waals surface area contributed by atoms with Crippen molar-refractivity contribution in [1.82, 2.24) is 5.32 Å². The first-order valence-corrected chi connectivity index (χ1v) is 7.76. The molecule has 0 aliphatic carbocycles. The summed E-state index contributed by atoms with van der Waals surface area (Å²) in [4.78, 5) is 11.5. The lowest BCUT2D eigenvalue weighted by Gasteiger charge is -2.29. The predicted octanol–water partition coefficient (Wildman–Crippen LogP) is 0.497. The third kappa shape index (κ3) is 2.98. The predicted molar refractivity (Wildman–Crippen MR) is 68.5 cm³/mol. The van der Waals surface area contributed by atoms with Crippen LogP contribution in [0.4, 0.5) is 0 Å². The summed E-state index contributed by atoms with van der Waals surface area (Å²) in [5.74, 6) is 0.542. The number of hydrogen-bond donors (Lipinski definition) is 1. The molecule has 7 heteroatoms. The number of ether oxygens (including phenoxy) is 1. The maximum Gasteiger partial charge on any atom is 0.323 e. The minimum absolute atomic E-state index is 0.0414. The van der Waals surface area contributed by atoms with E-state index in [1.807, 2.05) is 0 Å². The van der Waals surface area contributed by atoms with E-state index in [1.165, 1.54) is 7.11 Å². The molecule has 0 spiro atoms. The van der Waals surface area contributed by atoms with Crippen molar-refractivity contribution >= 4 is 15.8 Å². The van der Waals surface area contributed by atoms with Crippen molar-refractivity contribution in [1.29, 1.82) is 0 Å². The Balaban J connectivity index is 2.31. The Kier molecular flexibility index (Phi) is 3.69. The van der Waals surface area contributed by atoms with Crippen molar-refractivity contribution in [3.8, 4) is 0 Å². The van der Waals surface area contributed by atoms with Crippen molar-refractivity contribution in [3.05, 3.63) is 23.2 Å². The van der Waals surface area contributed by atoms with Gasteiger partial charge in [0.05, 0.1) is 24.7 Å². The molecule has 0 amide bonds. The topological polar surface area (TPSA) is 85.6 Å². The van der Waals surface area contributed by atoms with Crippen LogP contribution in [0.2, 0.25) is 0 Å². The van der Waals surface area contributed by atoms with Crippen LogP contribution in [0.1, 0.15) is 23.1 Å². The van der Waals surface area contributed by atoms with Gasteiger partial charge in [0.1, 0.15) is 17.6 Å². The Morgan fingerprint density at radius 2 is 2.11 bits per heavy atom. The first kappa shape index (κ1) is 14.1. The van der Waals surface area contributed by atoms with Crippen LogP contribution >= 0.6 is 0 Å². The lowest BCUT2D eigenvalue weighted by Crippen LogP contribution is -2.51. The second kappa shape index (κ2) is 4.97. The second-order valence-electron chi connectivity index (χ2n) is 4.74. The first-order chi connectivity index (χ1) is 8.82. The highest BCUT2D eigenvalue weighted by molar-refractivity contribution is 7.91. The Labute approximate surface area is 112 Å². The molecule has 6 nitrogen and oxygen atoms in total. The number of nitrogens with one attached hydrogen (secondary N) is 1. The summed E-state index contributed by atoms with van der Waals surface area (Å²) in [6, 6.07) is 0.519. The summed E-state index contributed by atoms with van der Waals surface area (Å²) in [6.45, 7) is 3.57. The SMILES string of the molecule is COC(=O)C1CS(=O)(=O)CC(c2cc(C)oc2C)N1. The van der Waals surface area contributed by atoms with E-state index in [9.17, 15) is 13.2 Å². The number of methoxy groups -OCH3 is 1. The number of esters is 1. The normalized spacial score (nSPS) is 26.1. The Bertz CT molecular complexity index is 589. The number of carbonyl (C=O) groups excluding carboxylic acids is 1. The molecule has 19 heavy (non-hydrogen) atoms. The molecule has 1 aromatic heterocycles. The lowest BCUT2D eigenvalue weighted by molar-refractivity contribution is -0.142. The van der Waals surface area contributed by atoms with Crippen LogP contribution in [0.15, 0.2) is 10.5 Å². The van der Waals surface area contributed by atoms with Gasteiger partial charge in [0.2, 0.25) is 0 Å². The maximum absolute atomic E-state index is 11.9. The molecule has 0 radical (unpaired) electrons. The van der Waals surface area contributed by atoms with Gasteiger partial charge < -0.3 is 9.15 Å². The molecule has 1 aromatic rings. The van der Waals surface area contributed by atoms with Gasteiger partial charge in [-0.15, -0.1) is 0 Å². The molecule has 1 saturated heterocycles. The summed E-state index contributed by atoms with van der Waals surface area (Å²) < 4.78 is 33.8. The van der Waals surface area contributed by atoms with Gasteiger partial charge in [-0.25, -0.2) is 8.42 Å². The van der Waals surface area contributed by atoms with Crippen LogP contribution in [0.25, 0.3) is 0 Å². The fourth-order valence-corrected chi connectivity index (χ4v) is 4.03. The van der Waals surface area contributed by atoms with Crippen LogP contribution in [-0.4, -0.2) is 39.0 Å². The third-order valence-electron chi connectivity index (χ3n) is 3.18. The number of hydrogen-bond acceptors (Lipinski definition) is 6. The molecule has 2 atom stereocenters. The minimum Gasteiger partial charge on any atom is -0.468 e. The smallest absolute Gasteiger partial charge is 0.323 e. The van der Waals surface area contributed by atoms with Gasteiger partial charge in [-0.3, -0.25) is 10.1 Å². The fraction of sp³-hybridized carbons (Fsp3) is 0.583. The summed E-state index contributed by atoms with van der Waals surface area (Å²) >= 11 is 0. The molecular weight excluding hydrogens is 270 g/mol. The highest BCUT2D eigenvalue weighted by atomic mass is 32.2. The number of carbonyl (C=O) groups is 1. The van der Waals surface area contributed by atoms with E-state index >= 15 is 0 Å². The van der Waals surface area contributed by atoms with Gasteiger partial charge >= 0.3 is 5.97 Å². The van der Waals surface area contributed by atoms with Crippen LogP contribution in [0, 0.1) is 13.8 Å². The minimum atomic E-state index is -3.30. The molecule has 106 valence electrons. The van der Waals surface area contributed by atoms with Crippen molar-refractivity contribution in [2.75, 3.05) is 18.6 Å². The van der Waals surface area contributed by atoms with Crippen molar-refractivity contribution < 1.29 is 22.4 Å². The summed E-state index contributed by atoms with van der Waals surface area (Å²) in [6.07, 6.45) is 0. The van der Waals surface area contributed by atoms with Gasteiger partial charge in [0, 0.05) is 5.56 Å². The standard InChI is InChI=1S/C12H17NO5S/c1-7-4-9(8(2)18-7)10-5-19(15,16)6-11(13-10)12(14)17-3/h4,10-11,13H,5-6H2,1-3H3. The van der Waals surface area contributed by atoms with Gasteiger partial charge in [-0.05, 0) is 19.9 Å². The average molecular weight is 287 g/mol. The number of rotatable bonds is 2. The highest BCUT2D eigenvalue weighted by Crippen LogP contribution is 2.26. The summed E-state index contributed by atoms with van der Waals surface area (Å²) in [5.41, 5.74) is 0.773. The van der Waals surface area contributed by atoms with Gasteiger partial charge in [-0.2, -0.15) is 0 Å². The molecule has 2 unspecified atom stereocenters. The van der Waals surface area contributed by atoms with Gasteiger partial charge in [0.25, 0.3) is 0 Å². The average Bonchev–Trinajstić information content (AvgIpc) is 2.65. The Morgan fingerprint density at radius 1 is 1.42 bits per heavy atom. The molecule has 0 aromatic carbocycles. The fourth-order valence-electron chi connectivity index (χ4n) is 2.37. The molecule has 0 bridgehead atoms. The van der Waals surface area contributed by atoms with Gasteiger partial charge in [-0.1, -0.05) is 0 Å². The van der Waals surface area contributed by atoms with Crippen LogP contribution in [0.3, 0.4) is 0 Å². The van der Waals surface area contributed by atoms with Crippen molar-refractivity contribution in [2.45, 2.75) is 25.9 Å². The van der Waals surface area contributed by atoms with E-state index in [1.54, 1.807) is 19.9 Å². The molecule has 1 N–H and O–H groups in total. The molecular formula is C12H17NO5S. The molecule has 2 heterocycles. The molecule has 1 fully saturated rings. The van der Waals surface area contributed by atoms with E-state index in [0.29, 0.717) is 11.5 Å². The highest BCUT2D eigenvalue weighted by Gasteiger charge is 2.37. The summed E-state index contributed by atoms with van der Waals surface area (Å²) in [7, 11) is -2.05. The largest absolute Gasteiger partial charge is 0.468 e. The van der Waals surface area contributed by atoms with E-state index < -0.39 is 27.9 Å². The van der Waals surface area contributed by atoms with Crippen LogP contribution < -0.4 is 5.32 Å². The molecule has 1 aliphatic rings. The zero-order chi connectivity index (χ0) is 14.2. The second-order valence-corrected chi connectivity index (χ2v) is 6.89. The zero-order valence-electron chi connectivity index (χ0n) is 11.1. The van der Waals surface area contributed by atoms with Crippen molar-refractivity contribution in [3.63, 3.8) is 0 Å². The Hall–Kier alpha value is -1.34. The zero-order valence-corrected chi connectivity index (χ0v) is 11.9. The molecule has 1 aliphatic heterocycles. The maximum atomic E-state index is 11.9. The van der Waals surface area contributed by atoms with Crippen LogP contribution in [0.5, 0.6) is 0 Å². The van der Waals surface area contributed by atoms with E-state index in [0.717, 1.165) is 5.56 Å². The molecule has 2 rings (SSSR count). The first-order valence-electron chi connectivity index (χ1n) is 5.93. The quantitative estimate of drug-likeness (QED) is 0.797. The molecule has 0 saturated carbocycles. The lowest BCUT2D eigenvalue weighted by atomic mass is 10.1. The van der Waals surface area contributed by atoms with E-state index in [-0.39, 0.29) is 11.5 Å². The van der Waals surface area contributed by atoms with Crippen molar-refractivity contribution in [2.24, 2.45) is 0 Å². The van der Waals surface area contributed by atoms with E-state index in [4.69, 9.17) is 4.42 Å². The van der Waals surface area contributed by atoms with Gasteiger partial charge in [0.15, 0.2) is 9.84 Å². The summed E-state index contributed by atoms with van der Waals surface area (Å²) in [5, 5.41) is 3.02. The number of sulfone groups is 1. The monoisotopic (exact) mass is 287 g/mol. The number of aryl methyl sites for hydroxylation is 2. The van der Waals surface area contributed by atoms with E-state index in [2.05, 4.69) is 10.1 Å².